The smallest absolute Gasteiger partial charge is 0.307 e. The van der Waals surface area contributed by atoms with E-state index in [1.54, 1.807) is 24.6 Å². The summed E-state index contributed by atoms with van der Waals surface area (Å²) in [5.41, 5.74) is 2.61. The molecular weight excluding hydrogens is 298 g/mol. The molecule has 0 bridgehead atoms. The van der Waals surface area contributed by atoms with Gasteiger partial charge in [0.1, 0.15) is 6.67 Å². The minimum absolute atomic E-state index is 0.243. The molecule has 0 aliphatic carbocycles. The van der Waals surface area contributed by atoms with Crippen molar-refractivity contribution < 1.29 is 4.79 Å². The summed E-state index contributed by atoms with van der Waals surface area (Å²) in [4.78, 5) is 17.9. The molecule has 0 spiro atoms. The van der Waals surface area contributed by atoms with Crippen LogP contribution < -0.4 is 5.32 Å². The molecule has 1 N–H and O–H groups in total. The summed E-state index contributed by atoms with van der Waals surface area (Å²) in [6.45, 7) is 0.309. The van der Waals surface area contributed by atoms with Crippen molar-refractivity contribution in [3.8, 4) is 11.1 Å². The lowest BCUT2D eigenvalue weighted by molar-refractivity contribution is 0.229. The molecule has 4 nitrogen and oxygen atoms in total. The van der Waals surface area contributed by atoms with Gasteiger partial charge in [0.25, 0.3) is 0 Å². The number of hydrogen-bond donors (Lipinski definition) is 1. The van der Waals surface area contributed by atoms with Crippen molar-refractivity contribution in [2.24, 2.45) is 4.99 Å². The van der Waals surface area contributed by atoms with Crippen LogP contribution in [0.5, 0.6) is 0 Å². The van der Waals surface area contributed by atoms with Gasteiger partial charge in [-0.25, -0.2) is 4.79 Å². The molecule has 5 heteroatoms. The van der Waals surface area contributed by atoms with Gasteiger partial charge >= 0.3 is 6.03 Å². The van der Waals surface area contributed by atoms with Crippen LogP contribution in [-0.4, -0.2) is 23.8 Å². The maximum absolute atomic E-state index is 12.3. The lowest BCUT2D eigenvalue weighted by Gasteiger charge is -2.20. The number of allylic oxidation sites excluding steroid dienone is 1. The van der Waals surface area contributed by atoms with Crippen molar-refractivity contribution in [3.63, 3.8) is 0 Å². The number of amides is 2. The molecule has 0 atom stereocenters. The highest BCUT2D eigenvalue weighted by molar-refractivity contribution is 6.31. The number of aliphatic imine (C=N–C) groups is 1. The lowest BCUT2D eigenvalue weighted by atomic mass is 10.0. The van der Waals surface area contributed by atoms with Crippen molar-refractivity contribution in [3.05, 3.63) is 65.8 Å². The van der Waals surface area contributed by atoms with Gasteiger partial charge in [-0.05, 0) is 23.8 Å². The van der Waals surface area contributed by atoms with Crippen LogP contribution in [0, 0.1) is 0 Å². The monoisotopic (exact) mass is 311 g/mol. The van der Waals surface area contributed by atoms with Gasteiger partial charge in [0, 0.05) is 23.0 Å². The molecule has 110 valence electrons. The van der Waals surface area contributed by atoms with Crippen LogP contribution in [0.1, 0.15) is 0 Å². The van der Waals surface area contributed by atoms with Crippen molar-refractivity contribution in [2.75, 3.05) is 12.0 Å². The molecule has 2 aromatic rings. The van der Waals surface area contributed by atoms with Gasteiger partial charge in [0.15, 0.2) is 0 Å². The SMILES string of the molecule is O=C(Nc1cc(Cl)ccc1-c1ccccc1)N1C=CC=NC1. The van der Waals surface area contributed by atoms with Crippen molar-refractivity contribution in [1.29, 1.82) is 0 Å². The second-order valence-corrected chi connectivity index (χ2v) is 5.21. The van der Waals surface area contributed by atoms with E-state index >= 15 is 0 Å². The molecule has 1 aliphatic heterocycles. The minimum atomic E-state index is -0.243. The maximum Gasteiger partial charge on any atom is 0.327 e. The second kappa shape index (κ2) is 6.45. The minimum Gasteiger partial charge on any atom is -0.307 e. The summed E-state index contributed by atoms with van der Waals surface area (Å²) in [7, 11) is 0. The second-order valence-electron chi connectivity index (χ2n) is 4.77. The molecule has 0 unspecified atom stereocenters. The van der Waals surface area contributed by atoms with E-state index < -0.39 is 0 Å². The average Bonchev–Trinajstić information content (AvgIpc) is 2.56. The van der Waals surface area contributed by atoms with Crippen molar-refractivity contribution in [2.45, 2.75) is 0 Å². The third-order valence-corrected chi connectivity index (χ3v) is 3.50. The fourth-order valence-electron chi connectivity index (χ4n) is 2.19. The first-order chi connectivity index (χ1) is 10.7. The van der Waals surface area contributed by atoms with E-state index in [1.165, 1.54) is 4.90 Å². The summed E-state index contributed by atoms with van der Waals surface area (Å²) >= 11 is 6.07. The molecule has 0 aromatic heterocycles. The molecule has 0 fully saturated rings. The Morgan fingerprint density at radius 1 is 1.18 bits per heavy atom. The number of carbonyl (C=O) groups is 1. The first kappa shape index (κ1) is 14.4. The maximum atomic E-state index is 12.3. The van der Waals surface area contributed by atoms with Crippen LogP contribution in [0.3, 0.4) is 0 Å². The third-order valence-electron chi connectivity index (χ3n) is 3.26. The zero-order valence-electron chi connectivity index (χ0n) is 11.7. The normalized spacial score (nSPS) is 13.2. The number of halogens is 1. The summed E-state index contributed by atoms with van der Waals surface area (Å²) in [5, 5.41) is 3.47. The molecule has 1 aliphatic rings. The number of urea groups is 1. The van der Waals surface area contributed by atoms with Crippen molar-refractivity contribution >= 4 is 29.5 Å². The Morgan fingerprint density at radius 3 is 2.73 bits per heavy atom. The fourth-order valence-corrected chi connectivity index (χ4v) is 2.37. The highest BCUT2D eigenvalue weighted by Gasteiger charge is 2.14. The number of benzene rings is 2. The third kappa shape index (κ3) is 3.18. The first-order valence-corrected chi connectivity index (χ1v) is 7.21. The number of nitrogens with one attached hydrogen (secondary N) is 1. The largest absolute Gasteiger partial charge is 0.327 e. The molecule has 0 radical (unpaired) electrons. The standard InChI is InChI=1S/C17H14ClN3O/c18-14-7-8-15(13-5-2-1-3-6-13)16(11-14)20-17(22)21-10-4-9-19-12-21/h1-11H,12H2,(H,20,22). The summed E-state index contributed by atoms with van der Waals surface area (Å²) in [6, 6.07) is 15.1. The van der Waals surface area contributed by atoms with Gasteiger partial charge in [-0.3, -0.25) is 9.89 Å². The van der Waals surface area contributed by atoms with Crippen LogP contribution in [-0.2, 0) is 0 Å². The number of hydrogen-bond acceptors (Lipinski definition) is 2. The van der Waals surface area contributed by atoms with Gasteiger partial charge in [-0.1, -0.05) is 48.0 Å². The molecule has 22 heavy (non-hydrogen) atoms. The lowest BCUT2D eigenvalue weighted by Crippen LogP contribution is -2.32. The molecule has 0 saturated heterocycles. The molecule has 2 aromatic carbocycles. The topological polar surface area (TPSA) is 44.7 Å². The fraction of sp³-hybridized carbons (Fsp3) is 0.0588. The zero-order chi connectivity index (χ0) is 15.4. The highest BCUT2D eigenvalue weighted by Crippen LogP contribution is 2.30. The van der Waals surface area contributed by atoms with E-state index in [0.29, 0.717) is 17.4 Å². The van der Waals surface area contributed by atoms with Crippen LogP contribution in [0.2, 0.25) is 5.02 Å². The Balaban J connectivity index is 1.89. The van der Waals surface area contributed by atoms with Crippen LogP contribution in [0.15, 0.2) is 65.8 Å². The van der Waals surface area contributed by atoms with Gasteiger partial charge < -0.3 is 5.32 Å². The van der Waals surface area contributed by atoms with E-state index in [9.17, 15) is 4.79 Å². The quantitative estimate of drug-likeness (QED) is 0.878. The number of anilines is 1. The molecule has 0 saturated carbocycles. The molecule has 2 amide bonds. The van der Waals surface area contributed by atoms with Crippen LogP contribution in [0.4, 0.5) is 10.5 Å². The molecule has 3 rings (SSSR count). The Labute approximate surface area is 133 Å². The predicted molar refractivity (Wildman–Crippen MR) is 90.2 cm³/mol. The summed E-state index contributed by atoms with van der Waals surface area (Å²) in [5.74, 6) is 0. The van der Waals surface area contributed by atoms with E-state index in [2.05, 4.69) is 10.3 Å². The van der Waals surface area contributed by atoms with E-state index in [4.69, 9.17) is 11.6 Å². The predicted octanol–water partition coefficient (Wildman–Crippen LogP) is 4.40. The van der Waals surface area contributed by atoms with Crippen LogP contribution >= 0.6 is 11.6 Å². The zero-order valence-corrected chi connectivity index (χ0v) is 12.5. The van der Waals surface area contributed by atoms with E-state index in [-0.39, 0.29) is 6.03 Å². The van der Waals surface area contributed by atoms with E-state index in [1.807, 2.05) is 42.5 Å². The number of rotatable bonds is 2. The number of carbonyl (C=O) groups excluding carboxylic acids is 1. The highest BCUT2D eigenvalue weighted by atomic mass is 35.5. The summed E-state index contributed by atoms with van der Waals surface area (Å²) < 4.78 is 0. The Kier molecular flexibility index (Phi) is 4.21. The van der Waals surface area contributed by atoms with Crippen molar-refractivity contribution in [1.82, 2.24) is 4.90 Å². The molecule has 1 heterocycles. The van der Waals surface area contributed by atoms with E-state index in [0.717, 1.165) is 11.1 Å². The average molecular weight is 312 g/mol. The Morgan fingerprint density at radius 2 is 2.00 bits per heavy atom. The first-order valence-electron chi connectivity index (χ1n) is 6.83. The Hall–Kier alpha value is -2.59. The molecular formula is C17H14ClN3O. The van der Waals surface area contributed by atoms with Gasteiger partial charge in [-0.2, -0.15) is 0 Å². The summed E-state index contributed by atoms with van der Waals surface area (Å²) in [6.07, 6.45) is 5.08. The van der Waals surface area contributed by atoms with Gasteiger partial charge in [-0.15, -0.1) is 0 Å². The van der Waals surface area contributed by atoms with Crippen LogP contribution in [0.25, 0.3) is 11.1 Å². The Bertz CT molecular complexity index is 741. The van der Waals surface area contributed by atoms with Gasteiger partial charge in [0.2, 0.25) is 0 Å². The number of nitrogens with zero attached hydrogens (tertiary/aromatic N) is 2. The van der Waals surface area contributed by atoms with Gasteiger partial charge in [0.05, 0.1) is 5.69 Å².